The lowest BCUT2D eigenvalue weighted by Crippen LogP contribution is -2.05. The zero-order chi connectivity index (χ0) is 10.1. The van der Waals surface area contributed by atoms with Crippen LogP contribution in [0.25, 0.3) is 0 Å². The molecule has 4 heteroatoms. The second-order valence-corrected chi connectivity index (χ2v) is 3.20. The summed E-state index contributed by atoms with van der Waals surface area (Å²) in [6.45, 7) is 2.50. The fourth-order valence-electron chi connectivity index (χ4n) is 0.774. The molecular weight excluding hydrogens is 192 g/mol. The summed E-state index contributed by atoms with van der Waals surface area (Å²) in [5.41, 5.74) is 0. The van der Waals surface area contributed by atoms with Gasteiger partial charge in [0.1, 0.15) is 0 Å². The Hall–Kier alpha value is -0.570. The van der Waals surface area contributed by atoms with E-state index in [2.05, 4.69) is 0 Å². The van der Waals surface area contributed by atoms with Gasteiger partial charge < -0.3 is 4.74 Å². The summed E-state index contributed by atoms with van der Waals surface area (Å²) in [6, 6.07) is 0. The molecule has 0 atom stereocenters. The van der Waals surface area contributed by atoms with Crippen LogP contribution in [0.3, 0.4) is 0 Å². The predicted octanol–water partition coefficient (Wildman–Crippen LogP) is 2.27. The number of hydrogen-bond donors (Lipinski definition) is 0. The number of unbranched alkanes of at least 4 members (excludes halogenated alkanes) is 1. The second kappa shape index (κ2) is 8.05. The summed E-state index contributed by atoms with van der Waals surface area (Å²) in [5, 5.41) is -0.402. The van der Waals surface area contributed by atoms with Gasteiger partial charge in [-0.25, -0.2) is 0 Å². The predicted molar refractivity (Wildman–Crippen MR) is 50.6 cm³/mol. The van der Waals surface area contributed by atoms with Crippen LogP contribution in [0.2, 0.25) is 0 Å². The van der Waals surface area contributed by atoms with E-state index in [0.29, 0.717) is 13.0 Å². The van der Waals surface area contributed by atoms with E-state index in [9.17, 15) is 9.59 Å². The zero-order valence-corrected chi connectivity index (χ0v) is 8.60. The molecule has 0 fully saturated rings. The van der Waals surface area contributed by atoms with Crippen LogP contribution in [0, 0.1) is 0 Å². The van der Waals surface area contributed by atoms with Gasteiger partial charge in [-0.15, -0.1) is 0 Å². The molecule has 76 valence electrons. The third-order valence-electron chi connectivity index (χ3n) is 1.52. The molecule has 0 aliphatic heterocycles. The lowest BCUT2D eigenvalue weighted by Gasteiger charge is -2.02. The van der Waals surface area contributed by atoms with Gasteiger partial charge in [-0.2, -0.15) is 0 Å². The van der Waals surface area contributed by atoms with E-state index in [4.69, 9.17) is 16.3 Å². The van der Waals surface area contributed by atoms with Crippen molar-refractivity contribution in [3.8, 4) is 0 Å². The first kappa shape index (κ1) is 12.4. The number of ether oxygens (including phenoxy) is 1. The fraction of sp³-hybridized carbons (Fsp3) is 0.778. The van der Waals surface area contributed by atoms with Gasteiger partial charge in [0.25, 0.3) is 0 Å². The number of carbonyl (C=O) groups excluding carboxylic acids is 2. The number of esters is 1. The molecule has 0 heterocycles. The van der Waals surface area contributed by atoms with Crippen LogP contribution in [0.4, 0.5) is 0 Å². The highest BCUT2D eigenvalue weighted by molar-refractivity contribution is 6.63. The Bertz CT molecular complexity index is 168. The van der Waals surface area contributed by atoms with Crippen molar-refractivity contribution in [2.75, 3.05) is 6.61 Å². The van der Waals surface area contributed by atoms with Crippen molar-refractivity contribution in [3.63, 3.8) is 0 Å². The maximum absolute atomic E-state index is 10.9. The van der Waals surface area contributed by atoms with Crippen molar-refractivity contribution >= 4 is 22.8 Å². The molecule has 0 amide bonds. The molecule has 0 unspecified atom stereocenters. The number of carbonyl (C=O) groups is 2. The molecule has 0 saturated carbocycles. The molecule has 13 heavy (non-hydrogen) atoms. The van der Waals surface area contributed by atoms with Gasteiger partial charge in [0.2, 0.25) is 5.24 Å². The Balaban J connectivity index is 3.25. The molecule has 0 radical (unpaired) electrons. The maximum atomic E-state index is 10.9. The van der Waals surface area contributed by atoms with Gasteiger partial charge >= 0.3 is 5.97 Å². The van der Waals surface area contributed by atoms with E-state index < -0.39 is 5.24 Å². The van der Waals surface area contributed by atoms with Crippen molar-refractivity contribution < 1.29 is 14.3 Å². The van der Waals surface area contributed by atoms with E-state index in [1.165, 1.54) is 0 Å². The average Bonchev–Trinajstić information content (AvgIpc) is 2.04. The number of rotatable bonds is 7. The van der Waals surface area contributed by atoms with E-state index in [-0.39, 0.29) is 18.8 Å². The summed E-state index contributed by atoms with van der Waals surface area (Å²) in [4.78, 5) is 21.2. The SMILES string of the molecule is CCCCOC(=O)CCCC(=O)Cl. The molecule has 0 aromatic carbocycles. The monoisotopic (exact) mass is 206 g/mol. The first-order chi connectivity index (χ1) is 6.16. The molecule has 0 saturated heterocycles. The van der Waals surface area contributed by atoms with Gasteiger partial charge in [0.05, 0.1) is 6.61 Å². The first-order valence-electron chi connectivity index (χ1n) is 4.50. The third kappa shape index (κ3) is 9.34. The summed E-state index contributed by atoms with van der Waals surface area (Å²) < 4.78 is 4.87. The lowest BCUT2D eigenvalue weighted by atomic mass is 10.2. The fourth-order valence-corrected chi connectivity index (χ4v) is 0.908. The van der Waals surface area contributed by atoms with Crippen LogP contribution in [0.5, 0.6) is 0 Å². The molecule has 0 aliphatic rings. The maximum Gasteiger partial charge on any atom is 0.305 e. The van der Waals surface area contributed by atoms with Crippen LogP contribution in [-0.2, 0) is 14.3 Å². The minimum absolute atomic E-state index is 0.241. The van der Waals surface area contributed by atoms with E-state index in [0.717, 1.165) is 12.8 Å². The molecule has 3 nitrogen and oxygen atoms in total. The van der Waals surface area contributed by atoms with Gasteiger partial charge in [-0.3, -0.25) is 9.59 Å². The van der Waals surface area contributed by atoms with Gasteiger partial charge in [-0.05, 0) is 24.4 Å². The van der Waals surface area contributed by atoms with Gasteiger partial charge in [-0.1, -0.05) is 13.3 Å². The van der Waals surface area contributed by atoms with Crippen LogP contribution < -0.4 is 0 Å². The Labute approximate surface area is 83.4 Å². The third-order valence-corrected chi connectivity index (χ3v) is 1.70. The quantitative estimate of drug-likeness (QED) is 0.365. The molecule has 0 aromatic rings. The normalized spacial score (nSPS) is 9.69. The number of halogens is 1. The van der Waals surface area contributed by atoms with Crippen molar-refractivity contribution in [3.05, 3.63) is 0 Å². The van der Waals surface area contributed by atoms with Crippen LogP contribution >= 0.6 is 11.6 Å². The Morgan fingerprint density at radius 2 is 1.92 bits per heavy atom. The highest BCUT2D eigenvalue weighted by Gasteiger charge is 2.03. The van der Waals surface area contributed by atoms with Crippen molar-refractivity contribution in [1.82, 2.24) is 0 Å². The molecule has 0 aromatic heterocycles. The molecule has 0 N–H and O–H groups in total. The topological polar surface area (TPSA) is 43.4 Å². The van der Waals surface area contributed by atoms with Crippen LogP contribution in [0.15, 0.2) is 0 Å². The highest BCUT2D eigenvalue weighted by atomic mass is 35.5. The number of hydrogen-bond acceptors (Lipinski definition) is 3. The summed E-state index contributed by atoms with van der Waals surface area (Å²) in [5.74, 6) is -0.244. The second-order valence-electron chi connectivity index (χ2n) is 2.78. The average molecular weight is 207 g/mol. The standard InChI is InChI=1S/C9H15ClO3/c1-2-3-7-13-9(12)6-4-5-8(10)11/h2-7H2,1H3. The van der Waals surface area contributed by atoms with E-state index in [1.54, 1.807) is 0 Å². The largest absolute Gasteiger partial charge is 0.466 e. The lowest BCUT2D eigenvalue weighted by molar-refractivity contribution is -0.143. The van der Waals surface area contributed by atoms with Crippen molar-refractivity contribution in [2.24, 2.45) is 0 Å². The Kier molecular flexibility index (Phi) is 7.69. The summed E-state index contributed by atoms with van der Waals surface area (Å²) >= 11 is 5.10. The first-order valence-corrected chi connectivity index (χ1v) is 4.88. The highest BCUT2D eigenvalue weighted by Crippen LogP contribution is 2.01. The minimum atomic E-state index is -0.402. The van der Waals surface area contributed by atoms with Gasteiger partial charge in [0.15, 0.2) is 0 Å². The smallest absolute Gasteiger partial charge is 0.305 e. The molecule has 0 spiro atoms. The zero-order valence-electron chi connectivity index (χ0n) is 7.85. The molecular formula is C9H15ClO3. The van der Waals surface area contributed by atoms with Crippen molar-refractivity contribution in [2.45, 2.75) is 39.0 Å². The Morgan fingerprint density at radius 1 is 1.23 bits per heavy atom. The van der Waals surface area contributed by atoms with Crippen LogP contribution in [0.1, 0.15) is 39.0 Å². The Morgan fingerprint density at radius 3 is 2.46 bits per heavy atom. The summed E-state index contributed by atoms with van der Waals surface area (Å²) in [6.07, 6.45) is 2.90. The molecule has 0 rings (SSSR count). The molecule has 0 bridgehead atoms. The summed E-state index contributed by atoms with van der Waals surface area (Å²) in [7, 11) is 0. The van der Waals surface area contributed by atoms with Crippen LogP contribution in [-0.4, -0.2) is 17.8 Å². The van der Waals surface area contributed by atoms with Crippen molar-refractivity contribution in [1.29, 1.82) is 0 Å². The van der Waals surface area contributed by atoms with E-state index >= 15 is 0 Å². The van der Waals surface area contributed by atoms with E-state index in [1.807, 2.05) is 6.92 Å². The molecule has 0 aliphatic carbocycles. The minimum Gasteiger partial charge on any atom is -0.466 e. The van der Waals surface area contributed by atoms with Gasteiger partial charge in [0, 0.05) is 12.8 Å².